The van der Waals surface area contributed by atoms with E-state index < -0.39 is 8.32 Å². The minimum Gasteiger partial charge on any atom is -0.414 e. The quantitative estimate of drug-likeness (QED) is 0.345. The Morgan fingerprint density at radius 2 is 1.71 bits per heavy atom. The molecule has 2 aromatic carbocycles. The standard InChI is InChI=1S/C27H34BrN3O2Si/c1-17-11-22-24(23(28)12-17)29-26(30-15-18-9-7-8-10-19(18)16-30)31(25(22)32)20-13-21(14-20)33-34(5,6)27(2,3)4/h7-12,20-21H,13-16H2,1-6H3/t20-,21-. The molecular weight excluding hydrogens is 506 g/mol. The average Bonchev–Trinajstić information content (AvgIpc) is 3.14. The van der Waals surface area contributed by atoms with Crippen LogP contribution in [0, 0.1) is 6.92 Å². The Balaban J connectivity index is 1.53. The summed E-state index contributed by atoms with van der Waals surface area (Å²) in [5.41, 5.74) is 4.46. The van der Waals surface area contributed by atoms with Crippen molar-refractivity contribution in [3.05, 3.63) is 67.9 Å². The van der Waals surface area contributed by atoms with Crippen LogP contribution in [0.1, 0.15) is 56.3 Å². The highest BCUT2D eigenvalue weighted by Crippen LogP contribution is 2.44. The third kappa shape index (κ3) is 4.05. The smallest absolute Gasteiger partial charge is 0.263 e. The Morgan fingerprint density at radius 1 is 1.09 bits per heavy atom. The fourth-order valence-corrected chi connectivity index (χ4v) is 6.89. The predicted octanol–water partition coefficient (Wildman–Crippen LogP) is 6.71. The molecule has 1 fully saturated rings. The maximum absolute atomic E-state index is 13.9. The molecule has 0 spiro atoms. The zero-order chi connectivity index (χ0) is 24.4. The molecule has 3 aromatic rings. The molecule has 2 heterocycles. The molecule has 1 aromatic heterocycles. The van der Waals surface area contributed by atoms with Crippen molar-refractivity contribution in [1.82, 2.24) is 9.55 Å². The van der Waals surface area contributed by atoms with Crippen LogP contribution in [0.5, 0.6) is 0 Å². The van der Waals surface area contributed by atoms with E-state index in [4.69, 9.17) is 9.41 Å². The van der Waals surface area contributed by atoms with Gasteiger partial charge in [0, 0.05) is 29.7 Å². The van der Waals surface area contributed by atoms with Gasteiger partial charge in [0.15, 0.2) is 8.32 Å². The number of fused-ring (bicyclic) bond motifs is 2. The highest BCUT2D eigenvalue weighted by atomic mass is 79.9. The largest absolute Gasteiger partial charge is 0.414 e. The normalized spacial score (nSPS) is 20.5. The molecule has 2 aliphatic rings. The first-order valence-corrected chi connectivity index (χ1v) is 15.9. The Kier molecular flexibility index (Phi) is 5.81. The van der Waals surface area contributed by atoms with E-state index in [0.29, 0.717) is 5.39 Å². The van der Waals surface area contributed by atoms with E-state index >= 15 is 0 Å². The van der Waals surface area contributed by atoms with Crippen molar-refractivity contribution < 1.29 is 4.43 Å². The van der Waals surface area contributed by atoms with Crippen molar-refractivity contribution in [2.45, 2.75) is 83.9 Å². The van der Waals surface area contributed by atoms with Gasteiger partial charge in [-0.3, -0.25) is 9.36 Å². The summed E-state index contributed by atoms with van der Waals surface area (Å²) >= 11 is 3.66. The Morgan fingerprint density at radius 3 is 2.29 bits per heavy atom. The molecule has 5 rings (SSSR count). The van der Waals surface area contributed by atoms with Crippen LogP contribution in [0.2, 0.25) is 18.1 Å². The van der Waals surface area contributed by atoms with Crippen molar-refractivity contribution >= 4 is 41.1 Å². The number of aryl methyl sites for hydroxylation is 1. The predicted molar refractivity (Wildman–Crippen MR) is 145 cm³/mol. The first kappa shape index (κ1) is 23.8. The van der Waals surface area contributed by atoms with E-state index in [0.717, 1.165) is 47.4 Å². The second-order valence-electron chi connectivity index (χ2n) is 11.5. The maximum Gasteiger partial charge on any atom is 0.263 e. The number of hydrogen-bond donors (Lipinski definition) is 0. The fourth-order valence-electron chi connectivity index (χ4n) is 4.85. The third-order valence-electron chi connectivity index (χ3n) is 7.91. The topological polar surface area (TPSA) is 47.4 Å². The number of rotatable bonds is 4. The van der Waals surface area contributed by atoms with Gasteiger partial charge in [-0.25, -0.2) is 4.98 Å². The van der Waals surface area contributed by atoms with E-state index in [-0.39, 0.29) is 22.7 Å². The van der Waals surface area contributed by atoms with Crippen LogP contribution in [0.4, 0.5) is 5.95 Å². The average molecular weight is 541 g/mol. The highest BCUT2D eigenvalue weighted by molar-refractivity contribution is 9.10. The van der Waals surface area contributed by atoms with Gasteiger partial charge in [-0.05, 0) is 82.7 Å². The number of nitrogens with zero attached hydrogens (tertiary/aromatic N) is 3. The van der Waals surface area contributed by atoms with Gasteiger partial charge in [0.25, 0.3) is 5.56 Å². The van der Waals surface area contributed by atoms with Gasteiger partial charge in [0.2, 0.25) is 5.95 Å². The van der Waals surface area contributed by atoms with E-state index in [2.05, 4.69) is 79.0 Å². The molecule has 180 valence electrons. The highest BCUT2D eigenvalue weighted by Gasteiger charge is 2.44. The van der Waals surface area contributed by atoms with E-state index in [1.807, 2.05) is 23.6 Å². The summed E-state index contributed by atoms with van der Waals surface area (Å²) in [7, 11) is -1.84. The third-order valence-corrected chi connectivity index (χ3v) is 13.0. The molecule has 0 bridgehead atoms. The number of anilines is 1. The molecule has 5 nitrogen and oxygen atoms in total. The van der Waals surface area contributed by atoms with Crippen LogP contribution in [0.25, 0.3) is 10.9 Å². The van der Waals surface area contributed by atoms with Gasteiger partial charge < -0.3 is 9.33 Å². The van der Waals surface area contributed by atoms with Crippen LogP contribution >= 0.6 is 15.9 Å². The summed E-state index contributed by atoms with van der Waals surface area (Å²) in [4.78, 5) is 21.3. The minimum atomic E-state index is -1.84. The molecule has 1 saturated carbocycles. The number of hydrogen-bond acceptors (Lipinski definition) is 4. The lowest BCUT2D eigenvalue weighted by Crippen LogP contribution is -2.49. The first-order chi connectivity index (χ1) is 15.9. The molecule has 1 aliphatic carbocycles. The van der Waals surface area contributed by atoms with E-state index in [1.54, 1.807) is 0 Å². The summed E-state index contributed by atoms with van der Waals surface area (Å²) in [6.45, 7) is 15.0. The van der Waals surface area contributed by atoms with Crippen molar-refractivity contribution in [3.8, 4) is 0 Å². The van der Waals surface area contributed by atoms with Gasteiger partial charge >= 0.3 is 0 Å². The summed E-state index contributed by atoms with van der Waals surface area (Å²) in [5, 5.41) is 0.858. The summed E-state index contributed by atoms with van der Waals surface area (Å²) in [6.07, 6.45) is 1.93. The zero-order valence-electron chi connectivity index (χ0n) is 21.0. The van der Waals surface area contributed by atoms with Gasteiger partial charge in [-0.2, -0.15) is 0 Å². The molecule has 34 heavy (non-hydrogen) atoms. The Bertz CT molecular complexity index is 1300. The lowest BCUT2D eigenvalue weighted by atomic mass is 9.89. The van der Waals surface area contributed by atoms with Crippen molar-refractivity contribution in [2.75, 3.05) is 4.90 Å². The molecule has 0 radical (unpaired) electrons. The van der Waals surface area contributed by atoms with Crippen LogP contribution in [-0.4, -0.2) is 24.0 Å². The van der Waals surface area contributed by atoms with Crippen LogP contribution < -0.4 is 10.5 Å². The molecule has 7 heteroatoms. The van der Waals surface area contributed by atoms with Gasteiger partial charge in [0.1, 0.15) is 0 Å². The van der Waals surface area contributed by atoms with Gasteiger partial charge in [-0.15, -0.1) is 0 Å². The van der Waals surface area contributed by atoms with Crippen molar-refractivity contribution in [2.24, 2.45) is 0 Å². The maximum atomic E-state index is 13.9. The fraction of sp³-hybridized carbons (Fsp3) is 0.481. The monoisotopic (exact) mass is 539 g/mol. The summed E-state index contributed by atoms with van der Waals surface area (Å²) in [6, 6.07) is 12.6. The molecule has 0 amide bonds. The summed E-state index contributed by atoms with van der Waals surface area (Å²) in [5.74, 6) is 0.772. The van der Waals surface area contributed by atoms with Gasteiger partial charge in [0.05, 0.1) is 10.9 Å². The SMILES string of the molecule is Cc1cc(Br)c2nc(N3Cc4ccccc4C3)n([C@H]3C[C@H](O[Si](C)(C)C(C)(C)C)C3)c(=O)c2c1. The zero-order valence-corrected chi connectivity index (χ0v) is 23.6. The lowest BCUT2D eigenvalue weighted by Gasteiger charge is -2.45. The Labute approximate surface area is 211 Å². The molecule has 0 unspecified atom stereocenters. The van der Waals surface area contributed by atoms with Crippen LogP contribution in [0.15, 0.2) is 45.7 Å². The molecular formula is C27H34BrN3O2Si. The lowest BCUT2D eigenvalue weighted by molar-refractivity contribution is 0.0568. The number of halogens is 1. The second-order valence-corrected chi connectivity index (χ2v) is 17.1. The van der Waals surface area contributed by atoms with Crippen LogP contribution in [-0.2, 0) is 17.5 Å². The second kappa shape index (κ2) is 8.31. The van der Waals surface area contributed by atoms with E-state index in [1.165, 1.54) is 11.1 Å². The molecule has 0 atom stereocenters. The number of benzene rings is 2. The molecule has 0 saturated heterocycles. The van der Waals surface area contributed by atoms with Crippen molar-refractivity contribution in [3.63, 3.8) is 0 Å². The summed E-state index contributed by atoms with van der Waals surface area (Å²) < 4.78 is 9.49. The minimum absolute atomic E-state index is 0.0520. The van der Waals surface area contributed by atoms with E-state index in [9.17, 15) is 4.79 Å². The van der Waals surface area contributed by atoms with Crippen LogP contribution in [0.3, 0.4) is 0 Å². The molecule has 1 aliphatic heterocycles. The number of aromatic nitrogens is 2. The molecule has 0 N–H and O–H groups in total. The van der Waals surface area contributed by atoms with Crippen molar-refractivity contribution in [1.29, 1.82) is 0 Å². The van der Waals surface area contributed by atoms with Gasteiger partial charge in [-0.1, -0.05) is 45.0 Å². The first-order valence-electron chi connectivity index (χ1n) is 12.2. The Hall–Kier alpha value is -1.96.